The number of carbonyl (C=O) groups is 1. The van der Waals surface area contributed by atoms with Crippen molar-refractivity contribution >= 4 is 34.4 Å². The summed E-state index contributed by atoms with van der Waals surface area (Å²) in [4.78, 5) is 20.1. The molecule has 2 aromatic carbocycles. The summed E-state index contributed by atoms with van der Waals surface area (Å²) in [7, 11) is 0. The van der Waals surface area contributed by atoms with Crippen molar-refractivity contribution in [1.82, 2.24) is 4.98 Å². The number of piperidine rings is 1. The second-order valence-corrected chi connectivity index (χ2v) is 7.13. The van der Waals surface area contributed by atoms with Gasteiger partial charge in [-0.05, 0) is 43.2 Å². The first-order valence-electron chi connectivity index (χ1n) is 9.30. The van der Waals surface area contributed by atoms with Gasteiger partial charge in [0, 0.05) is 42.2 Å². The number of hydrogen-bond acceptors (Lipinski definition) is 4. The van der Waals surface area contributed by atoms with Gasteiger partial charge in [-0.15, -0.1) is 0 Å². The van der Waals surface area contributed by atoms with Gasteiger partial charge in [0.05, 0.1) is 16.9 Å². The van der Waals surface area contributed by atoms with Crippen LogP contribution >= 0.6 is 0 Å². The number of nitrogens with one attached hydrogen (secondary N) is 1. The Hall–Kier alpha value is -3.42. The summed E-state index contributed by atoms with van der Waals surface area (Å²) < 4.78 is 28.1. The normalized spacial score (nSPS) is 15.4. The molecule has 0 radical (unpaired) electrons. The van der Waals surface area contributed by atoms with Gasteiger partial charge in [-0.1, -0.05) is 0 Å². The summed E-state index contributed by atoms with van der Waals surface area (Å²) in [6.07, 6.45) is 2.58. The molecule has 29 heavy (non-hydrogen) atoms. The number of aromatic hydroxyl groups is 1. The molecule has 0 aliphatic carbocycles. The largest absolute Gasteiger partial charge is 0.494 e. The molecule has 4 N–H and O–H groups in total. The van der Waals surface area contributed by atoms with Crippen molar-refractivity contribution in [2.45, 2.75) is 12.8 Å². The third kappa shape index (κ3) is 3.78. The lowest BCUT2D eigenvalue weighted by molar-refractivity contribution is -0.122. The molecule has 3 aromatic rings. The molecular formula is C21H20F2N4O2. The molecule has 4 rings (SSSR count). The van der Waals surface area contributed by atoms with Crippen LogP contribution in [0.4, 0.5) is 20.2 Å². The highest BCUT2D eigenvalue weighted by molar-refractivity contribution is 6.02. The summed E-state index contributed by atoms with van der Waals surface area (Å²) in [5, 5.41) is 10.5. The Morgan fingerprint density at radius 2 is 1.97 bits per heavy atom. The molecule has 1 aliphatic rings. The van der Waals surface area contributed by atoms with Crippen molar-refractivity contribution in [1.29, 1.82) is 0 Å². The van der Waals surface area contributed by atoms with Crippen LogP contribution in [0.15, 0.2) is 41.4 Å². The monoisotopic (exact) mass is 398 g/mol. The van der Waals surface area contributed by atoms with Gasteiger partial charge in [-0.25, -0.2) is 8.78 Å². The Bertz CT molecular complexity index is 1100. The second kappa shape index (κ2) is 7.54. The number of amides is 1. The minimum absolute atomic E-state index is 0.135. The van der Waals surface area contributed by atoms with Crippen molar-refractivity contribution in [3.63, 3.8) is 0 Å². The lowest BCUT2D eigenvalue weighted by Gasteiger charge is -2.32. The smallest absolute Gasteiger partial charge is 0.220 e. The summed E-state index contributed by atoms with van der Waals surface area (Å²) in [6.45, 7) is 1.11. The van der Waals surface area contributed by atoms with E-state index in [9.17, 15) is 18.7 Å². The molecule has 6 nitrogen and oxygen atoms in total. The molecule has 1 fully saturated rings. The number of anilines is 1. The lowest BCUT2D eigenvalue weighted by atomic mass is 9.96. The van der Waals surface area contributed by atoms with E-state index < -0.39 is 11.6 Å². The van der Waals surface area contributed by atoms with Gasteiger partial charge < -0.3 is 20.7 Å². The van der Waals surface area contributed by atoms with Crippen molar-refractivity contribution in [3.8, 4) is 5.88 Å². The molecule has 0 saturated carbocycles. The van der Waals surface area contributed by atoms with Crippen LogP contribution < -0.4 is 10.6 Å². The molecular weight excluding hydrogens is 378 g/mol. The maximum Gasteiger partial charge on any atom is 0.220 e. The van der Waals surface area contributed by atoms with E-state index in [0.29, 0.717) is 53.8 Å². The number of fused-ring (bicyclic) bond motifs is 1. The quantitative estimate of drug-likeness (QED) is 0.586. The van der Waals surface area contributed by atoms with Crippen molar-refractivity contribution in [2.24, 2.45) is 16.6 Å². The highest BCUT2D eigenvalue weighted by Gasteiger charge is 2.24. The number of aromatic amines is 1. The number of H-pyrrole nitrogens is 1. The van der Waals surface area contributed by atoms with Crippen LogP contribution in [0.25, 0.3) is 10.9 Å². The van der Waals surface area contributed by atoms with Crippen molar-refractivity contribution in [2.75, 3.05) is 18.0 Å². The fourth-order valence-electron chi connectivity index (χ4n) is 3.68. The number of aliphatic imine (C=N–C) groups is 1. The van der Waals surface area contributed by atoms with E-state index >= 15 is 0 Å². The first kappa shape index (κ1) is 18.9. The average molecular weight is 398 g/mol. The Morgan fingerprint density at radius 3 is 2.66 bits per heavy atom. The Kier molecular flexibility index (Phi) is 4.92. The summed E-state index contributed by atoms with van der Waals surface area (Å²) >= 11 is 0. The third-order valence-corrected chi connectivity index (χ3v) is 5.29. The minimum atomic E-state index is -0.429. The Balaban J connectivity index is 1.54. The molecule has 1 aromatic heterocycles. The zero-order valence-corrected chi connectivity index (χ0v) is 15.5. The van der Waals surface area contributed by atoms with Gasteiger partial charge in [-0.2, -0.15) is 0 Å². The lowest BCUT2D eigenvalue weighted by Crippen LogP contribution is -2.38. The zero-order chi connectivity index (χ0) is 20.5. The minimum Gasteiger partial charge on any atom is -0.494 e. The first-order valence-corrected chi connectivity index (χ1v) is 9.30. The molecule has 0 spiro atoms. The molecule has 2 heterocycles. The van der Waals surface area contributed by atoms with Crippen LogP contribution in [0.2, 0.25) is 0 Å². The number of benzene rings is 2. The number of rotatable bonds is 4. The summed E-state index contributed by atoms with van der Waals surface area (Å²) in [5.74, 6) is -1.46. The molecule has 0 bridgehead atoms. The number of halogens is 2. The molecule has 150 valence electrons. The van der Waals surface area contributed by atoms with Crippen LogP contribution in [0.1, 0.15) is 18.4 Å². The van der Waals surface area contributed by atoms with Crippen LogP contribution in [0, 0.1) is 17.6 Å². The maximum absolute atomic E-state index is 14.6. The standard InChI is InChI=1S/C21H20F2N4O2/c22-13-1-3-18-15(9-13)16(21(29)26-18)11-25-14-2-4-19(17(23)10-14)27-7-5-12(6-8-27)20(24)28/h1-4,9-12,26,29H,5-8H2,(H2,24,28). The van der Waals surface area contributed by atoms with Crippen LogP contribution in [-0.2, 0) is 4.79 Å². The number of carbonyl (C=O) groups excluding carboxylic acids is 1. The summed E-state index contributed by atoms with van der Waals surface area (Å²) in [6, 6.07) is 8.73. The fraction of sp³-hybridized carbons (Fsp3) is 0.238. The second-order valence-electron chi connectivity index (χ2n) is 7.13. The Morgan fingerprint density at radius 1 is 1.21 bits per heavy atom. The number of primary amides is 1. The van der Waals surface area contributed by atoms with Gasteiger partial charge in [-0.3, -0.25) is 9.79 Å². The zero-order valence-electron chi connectivity index (χ0n) is 15.5. The van der Waals surface area contributed by atoms with E-state index in [1.165, 1.54) is 30.5 Å². The van der Waals surface area contributed by atoms with E-state index in [2.05, 4.69) is 9.98 Å². The molecule has 0 unspecified atom stereocenters. The molecule has 1 amide bonds. The van der Waals surface area contributed by atoms with Gasteiger partial charge in [0.1, 0.15) is 11.6 Å². The number of nitrogens with zero attached hydrogens (tertiary/aromatic N) is 2. The predicted molar refractivity (Wildman–Crippen MR) is 108 cm³/mol. The highest BCUT2D eigenvalue weighted by Crippen LogP contribution is 2.30. The Labute approximate surface area is 165 Å². The van der Waals surface area contributed by atoms with Gasteiger partial charge >= 0.3 is 0 Å². The van der Waals surface area contributed by atoms with Crippen molar-refractivity contribution in [3.05, 3.63) is 53.6 Å². The van der Waals surface area contributed by atoms with E-state index in [-0.39, 0.29) is 17.7 Å². The predicted octanol–water partition coefficient (Wildman–Crippen LogP) is 3.60. The SMILES string of the molecule is NC(=O)C1CCN(c2ccc(N=Cc3c(O)[nH]c4ccc(F)cc34)cc2F)CC1. The average Bonchev–Trinajstić information content (AvgIpc) is 3.01. The van der Waals surface area contributed by atoms with Gasteiger partial charge in [0.25, 0.3) is 0 Å². The third-order valence-electron chi connectivity index (χ3n) is 5.29. The first-order chi connectivity index (χ1) is 13.9. The maximum atomic E-state index is 14.6. The summed E-state index contributed by atoms with van der Waals surface area (Å²) in [5.41, 5.74) is 7.06. The fourth-order valence-corrected chi connectivity index (χ4v) is 3.68. The topological polar surface area (TPSA) is 94.7 Å². The molecule has 1 aliphatic heterocycles. The number of aromatic nitrogens is 1. The van der Waals surface area contributed by atoms with Crippen LogP contribution in [-0.4, -0.2) is 35.3 Å². The van der Waals surface area contributed by atoms with Crippen LogP contribution in [0.5, 0.6) is 5.88 Å². The van der Waals surface area contributed by atoms with E-state index in [0.717, 1.165) is 0 Å². The molecule has 0 atom stereocenters. The molecule has 1 saturated heterocycles. The highest BCUT2D eigenvalue weighted by atomic mass is 19.1. The van der Waals surface area contributed by atoms with Crippen LogP contribution in [0.3, 0.4) is 0 Å². The number of nitrogens with two attached hydrogens (primary N) is 1. The van der Waals surface area contributed by atoms with E-state index in [1.54, 1.807) is 12.1 Å². The van der Waals surface area contributed by atoms with Gasteiger partial charge in [0.2, 0.25) is 5.91 Å². The van der Waals surface area contributed by atoms with E-state index in [4.69, 9.17) is 5.73 Å². The number of hydrogen-bond donors (Lipinski definition) is 3. The van der Waals surface area contributed by atoms with E-state index in [1.807, 2.05) is 4.90 Å². The van der Waals surface area contributed by atoms with Crippen molar-refractivity contribution < 1.29 is 18.7 Å². The molecule has 8 heteroatoms. The van der Waals surface area contributed by atoms with Gasteiger partial charge in [0.15, 0.2) is 5.88 Å².